The third kappa shape index (κ3) is 6.65. The second-order valence-electron chi connectivity index (χ2n) is 4.76. The molecule has 6 nitrogen and oxygen atoms in total. The van der Waals surface area contributed by atoms with Crippen LogP contribution in [0.15, 0.2) is 24.3 Å². The Kier molecular flexibility index (Phi) is 7.08. The highest BCUT2D eigenvalue weighted by atomic mass is 16.5. The van der Waals surface area contributed by atoms with Gasteiger partial charge in [0.25, 0.3) is 0 Å². The average molecular weight is 294 g/mol. The lowest BCUT2D eigenvalue weighted by atomic mass is 10.2. The lowest BCUT2D eigenvalue weighted by molar-refractivity contribution is -0.136. The van der Waals surface area contributed by atoms with Gasteiger partial charge in [-0.2, -0.15) is 0 Å². The van der Waals surface area contributed by atoms with Crippen LogP contribution in [0.3, 0.4) is 0 Å². The number of carbonyl (C=O) groups is 2. The molecule has 1 rings (SSSR count). The Morgan fingerprint density at radius 2 is 2.05 bits per heavy atom. The number of hydrogen-bond donors (Lipinski definition) is 2. The summed E-state index contributed by atoms with van der Waals surface area (Å²) >= 11 is 0. The largest absolute Gasteiger partial charge is 0.493 e. The predicted molar refractivity (Wildman–Crippen MR) is 79.6 cm³/mol. The van der Waals surface area contributed by atoms with Gasteiger partial charge in [-0.15, -0.1) is 0 Å². The Bertz CT molecular complexity index is 476. The molecule has 0 aromatic heterocycles. The fraction of sp³-hybridized carbons (Fsp3) is 0.467. The van der Waals surface area contributed by atoms with Crippen molar-refractivity contribution in [3.8, 4) is 5.75 Å². The van der Waals surface area contributed by atoms with E-state index in [-0.39, 0.29) is 19.0 Å². The van der Waals surface area contributed by atoms with Gasteiger partial charge in [0.1, 0.15) is 5.75 Å². The monoisotopic (exact) mass is 294 g/mol. The molecule has 0 heterocycles. The number of benzene rings is 1. The summed E-state index contributed by atoms with van der Waals surface area (Å²) in [4.78, 5) is 23.5. The van der Waals surface area contributed by atoms with Crippen molar-refractivity contribution in [2.75, 3.05) is 26.7 Å². The van der Waals surface area contributed by atoms with Crippen LogP contribution >= 0.6 is 0 Å². The van der Waals surface area contributed by atoms with E-state index in [1.54, 1.807) is 7.05 Å². The summed E-state index contributed by atoms with van der Waals surface area (Å²) in [7, 11) is 1.67. The van der Waals surface area contributed by atoms with Crippen molar-refractivity contribution in [1.82, 2.24) is 10.2 Å². The van der Waals surface area contributed by atoms with Crippen LogP contribution in [0.5, 0.6) is 5.75 Å². The van der Waals surface area contributed by atoms with Gasteiger partial charge in [-0.25, -0.2) is 4.79 Å². The third-order valence-electron chi connectivity index (χ3n) is 2.95. The van der Waals surface area contributed by atoms with Gasteiger partial charge in [0, 0.05) is 20.1 Å². The number of amides is 2. The first kappa shape index (κ1) is 16.8. The normalized spacial score (nSPS) is 10.0. The van der Waals surface area contributed by atoms with Gasteiger partial charge < -0.3 is 20.1 Å². The number of carboxylic acids is 1. The zero-order valence-corrected chi connectivity index (χ0v) is 12.5. The first-order valence-electron chi connectivity index (χ1n) is 6.90. The second kappa shape index (κ2) is 8.84. The van der Waals surface area contributed by atoms with E-state index < -0.39 is 5.97 Å². The third-order valence-corrected chi connectivity index (χ3v) is 2.95. The van der Waals surface area contributed by atoms with E-state index in [1.807, 2.05) is 31.2 Å². The minimum atomic E-state index is -0.926. The van der Waals surface area contributed by atoms with Gasteiger partial charge >= 0.3 is 12.0 Å². The number of carbonyl (C=O) groups excluding carboxylic acids is 1. The minimum absolute atomic E-state index is 0.0734. The molecule has 0 aliphatic rings. The Hall–Kier alpha value is -2.24. The van der Waals surface area contributed by atoms with Crippen LogP contribution in [0.25, 0.3) is 0 Å². The lowest BCUT2D eigenvalue weighted by Crippen LogP contribution is -2.39. The topological polar surface area (TPSA) is 78.9 Å². The smallest absolute Gasteiger partial charge is 0.317 e. The van der Waals surface area contributed by atoms with Gasteiger partial charge in [0.15, 0.2) is 0 Å². The zero-order valence-electron chi connectivity index (χ0n) is 12.5. The van der Waals surface area contributed by atoms with Crippen molar-refractivity contribution < 1.29 is 19.4 Å². The predicted octanol–water partition coefficient (Wildman–Crippen LogP) is 1.88. The molecular weight excluding hydrogens is 272 g/mol. The minimum Gasteiger partial charge on any atom is -0.493 e. The summed E-state index contributed by atoms with van der Waals surface area (Å²) in [6, 6.07) is 7.50. The van der Waals surface area contributed by atoms with E-state index in [0.29, 0.717) is 19.6 Å². The van der Waals surface area contributed by atoms with Crippen LogP contribution in [-0.2, 0) is 4.79 Å². The van der Waals surface area contributed by atoms with Crippen LogP contribution in [0, 0.1) is 6.92 Å². The maximum atomic E-state index is 11.6. The Morgan fingerprint density at radius 3 is 2.71 bits per heavy atom. The van der Waals surface area contributed by atoms with E-state index in [1.165, 1.54) is 4.90 Å². The number of urea groups is 1. The maximum absolute atomic E-state index is 11.6. The average Bonchev–Trinajstić information content (AvgIpc) is 2.44. The van der Waals surface area contributed by atoms with Gasteiger partial charge in [0.2, 0.25) is 0 Å². The summed E-state index contributed by atoms with van der Waals surface area (Å²) in [6.45, 7) is 3.19. The number of ether oxygens (including phenoxy) is 1. The summed E-state index contributed by atoms with van der Waals surface area (Å²) in [5.74, 6) is -0.0735. The molecule has 0 spiro atoms. The van der Waals surface area contributed by atoms with E-state index in [4.69, 9.17) is 9.84 Å². The molecule has 1 aromatic carbocycles. The Balaban J connectivity index is 2.18. The molecule has 0 fully saturated rings. The zero-order chi connectivity index (χ0) is 15.7. The highest BCUT2D eigenvalue weighted by Gasteiger charge is 2.08. The number of nitrogens with zero attached hydrogens (tertiary/aromatic N) is 1. The summed E-state index contributed by atoms with van der Waals surface area (Å²) in [6.07, 6.45) is 0.632. The van der Waals surface area contributed by atoms with Crippen LogP contribution in [-0.4, -0.2) is 48.8 Å². The van der Waals surface area contributed by atoms with Crippen molar-refractivity contribution in [1.29, 1.82) is 0 Å². The molecule has 6 heteroatoms. The summed E-state index contributed by atoms with van der Waals surface area (Å²) in [5.41, 5.74) is 1.08. The number of para-hydroxylation sites is 1. The quantitative estimate of drug-likeness (QED) is 0.718. The molecule has 0 saturated heterocycles. The van der Waals surface area contributed by atoms with Crippen molar-refractivity contribution in [2.24, 2.45) is 0 Å². The Morgan fingerprint density at radius 1 is 1.33 bits per heavy atom. The van der Waals surface area contributed by atoms with Gasteiger partial charge in [-0.3, -0.25) is 4.79 Å². The van der Waals surface area contributed by atoms with Crippen LogP contribution in [0.1, 0.15) is 18.4 Å². The highest BCUT2D eigenvalue weighted by Crippen LogP contribution is 2.16. The molecule has 0 unspecified atom stereocenters. The number of rotatable bonds is 8. The van der Waals surface area contributed by atoms with E-state index in [2.05, 4.69) is 5.32 Å². The van der Waals surface area contributed by atoms with E-state index in [9.17, 15) is 9.59 Å². The number of carboxylic acid groups (broad SMARTS) is 1. The standard InChI is InChI=1S/C15H22N2O4/c1-12-6-3-4-7-13(12)21-11-5-10-17(2)15(20)16-9-8-14(18)19/h3-4,6-7H,5,8-11H2,1-2H3,(H,16,20)(H,18,19). The maximum Gasteiger partial charge on any atom is 0.317 e. The molecule has 116 valence electrons. The van der Waals surface area contributed by atoms with Crippen LogP contribution in [0.4, 0.5) is 4.79 Å². The fourth-order valence-electron chi connectivity index (χ4n) is 1.72. The molecule has 0 bridgehead atoms. The number of aliphatic carboxylic acids is 1. The van der Waals surface area contributed by atoms with E-state index in [0.717, 1.165) is 11.3 Å². The number of nitrogens with one attached hydrogen (secondary N) is 1. The van der Waals surface area contributed by atoms with E-state index >= 15 is 0 Å². The van der Waals surface area contributed by atoms with Gasteiger partial charge in [0.05, 0.1) is 13.0 Å². The molecule has 1 aromatic rings. The second-order valence-corrected chi connectivity index (χ2v) is 4.76. The SMILES string of the molecule is Cc1ccccc1OCCCN(C)C(=O)NCCC(=O)O. The first-order chi connectivity index (χ1) is 10.0. The molecule has 21 heavy (non-hydrogen) atoms. The first-order valence-corrected chi connectivity index (χ1v) is 6.90. The molecule has 0 saturated carbocycles. The van der Waals surface area contributed by atoms with Crippen LogP contribution in [0.2, 0.25) is 0 Å². The summed E-state index contributed by atoms with van der Waals surface area (Å²) < 4.78 is 5.64. The molecular formula is C15H22N2O4. The van der Waals surface area contributed by atoms with Gasteiger partial charge in [-0.05, 0) is 25.0 Å². The number of aryl methyl sites for hydroxylation is 1. The van der Waals surface area contributed by atoms with Crippen LogP contribution < -0.4 is 10.1 Å². The molecule has 2 amide bonds. The molecule has 0 atom stereocenters. The molecule has 0 aliphatic carbocycles. The summed E-state index contributed by atoms with van der Waals surface area (Å²) in [5, 5.41) is 11.0. The lowest BCUT2D eigenvalue weighted by Gasteiger charge is -2.18. The van der Waals surface area contributed by atoms with Crippen molar-refractivity contribution in [3.05, 3.63) is 29.8 Å². The highest BCUT2D eigenvalue weighted by molar-refractivity contribution is 5.74. The molecule has 2 N–H and O–H groups in total. The Labute approximate surface area is 124 Å². The molecule has 0 aliphatic heterocycles. The number of hydrogen-bond acceptors (Lipinski definition) is 3. The van der Waals surface area contributed by atoms with Crippen molar-refractivity contribution >= 4 is 12.0 Å². The fourth-order valence-corrected chi connectivity index (χ4v) is 1.72. The molecule has 0 radical (unpaired) electrons. The van der Waals surface area contributed by atoms with Crippen molar-refractivity contribution in [3.63, 3.8) is 0 Å². The van der Waals surface area contributed by atoms with Gasteiger partial charge in [-0.1, -0.05) is 18.2 Å². The van der Waals surface area contributed by atoms with Crippen molar-refractivity contribution in [2.45, 2.75) is 19.8 Å².